The SMILES string of the molecule is Cc1cccc(OCC(CO)OC(=O)NCCCN(C)C)c1. The molecular weight excluding hydrogens is 284 g/mol. The maximum atomic E-state index is 11.6. The van der Waals surface area contributed by atoms with Crippen LogP contribution in [0.15, 0.2) is 24.3 Å². The minimum absolute atomic E-state index is 0.116. The van der Waals surface area contributed by atoms with Gasteiger partial charge in [-0.3, -0.25) is 0 Å². The summed E-state index contributed by atoms with van der Waals surface area (Å²) < 4.78 is 10.6. The highest BCUT2D eigenvalue weighted by Crippen LogP contribution is 2.12. The van der Waals surface area contributed by atoms with Crippen LogP contribution in [0.4, 0.5) is 4.79 Å². The van der Waals surface area contributed by atoms with E-state index in [-0.39, 0.29) is 13.2 Å². The quantitative estimate of drug-likeness (QED) is 0.675. The first-order valence-electron chi connectivity index (χ1n) is 7.41. The minimum Gasteiger partial charge on any atom is -0.490 e. The van der Waals surface area contributed by atoms with E-state index < -0.39 is 12.2 Å². The number of carbonyl (C=O) groups is 1. The van der Waals surface area contributed by atoms with Crippen molar-refractivity contribution >= 4 is 6.09 Å². The average Bonchev–Trinajstić information content (AvgIpc) is 2.48. The van der Waals surface area contributed by atoms with Gasteiger partial charge in [0, 0.05) is 6.54 Å². The lowest BCUT2D eigenvalue weighted by atomic mass is 10.2. The van der Waals surface area contributed by atoms with Crippen LogP contribution in [0.25, 0.3) is 0 Å². The van der Waals surface area contributed by atoms with Crippen molar-refractivity contribution in [2.45, 2.75) is 19.4 Å². The number of hydrogen-bond donors (Lipinski definition) is 2. The van der Waals surface area contributed by atoms with Gasteiger partial charge in [0.2, 0.25) is 0 Å². The Bertz CT molecular complexity index is 452. The molecule has 0 aliphatic heterocycles. The first-order chi connectivity index (χ1) is 10.5. The third-order valence-corrected chi connectivity index (χ3v) is 2.95. The number of aryl methyl sites for hydroxylation is 1. The van der Waals surface area contributed by atoms with Crippen LogP contribution < -0.4 is 10.1 Å². The van der Waals surface area contributed by atoms with Gasteiger partial charge < -0.3 is 24.8 Å². The van der Waals surface area contributed by atoms with Crippen molar-refractivity contribution in [1.82, 2.24) is 10.2 Å². The van der Waals surface area contributed by atoms with Crippen molar-refractivity contribution in [2.24, 2.45) is 0 Å². The van der Waals surface area contributed by atoms with Gasteiger partial charge in [0.1, 0.15) is 12.4 Å². The summed E-state index contributed by atoms with van der Waals surface area (Å²) in [6, 6.07) is 7.56. The summed E-state index contributed by atoms with van der Waals surface area (Å²) in [5.41, 5.74) is 1.08. The monoisotopic (exact) mass is 310 g/mol. The van der Waals surface area contributed by atoms with E-state index in [1.54, 1.807) is 0 Å². The average molecular weight is 310 g/mol. The van der Waals surface area contributed by atoms with Gasteiger partial charge in [0.05, 0.1) is 6.61 Å². The van der Waals surface area contributed by atoms with E-state index in [0.717, 1.165) is 18.5 Å². The molecule has 0 fully saturated rings. The zero-order valence-corrected chi connectivity index (χ0v) is 13.5. The lowest BCUT2D eigenvalue weighted by molar-refractivity contribution is 0.0288. The summed E-state index contributed by atoms with van der Waals surface area (Å²) in [5, 5.41) is 11.9. The molecule has 1 amide bonds. The van der Waals surface area contributed by atoms with Gasteiger partial charge in [-0.15, -0.1) is 0 Å². The molecule has 0 bridgehead atoms. The largest absolute Gasteiger partial charge is 0.490 e. The van der Waals surface area contributed by atoms with E-state index >= 15 is 0 Å². The van der Waals surface area contributed by atoms with E-state index in [9.17, 15) is 9.90 Å². The van der Waals surface area contributed by atoms with E-state index in [2.05, 4.69) is 5.32 Å². The van der Waals surface area contributed by atoms with Gasteiger partial charge in [0.15, 0.2) is 6.10 Å². The molecule has 0 heterocycles. The lowest BCUT2D eigenvalue weighted by Gasteiger charge is -2.17. The molecule has 1 rings (SSSR count). The molecule has 6 heteroatoms. The van der Waals surface area contributed by atoms with Crippen LogP contribution in [-0.2, 0) is 4.74 Å². The van der Waals surface area contributed by atoms with Gasteiger partial charge in [-0.05, 0) is 51.7 Å². The zero-order valence-electron chi connectivity index (χ0n) is 13.5. The molecule has 0 aliphatic carbocycles. The van der Waals surface area contributed by atoms with E-state index in [4.69, 9.17) is 9.47 Å². The smallest absolute Gasteiger partial charge is 0.407 e. The second-order valence-electron chi connectivity index (χ2n) is 5.42. The summed E-state index contributed by atoms with van der Waals surface area (Å²) in [7, 11) is 3.95. The normalized spacial score (nSPS) is 12.0. The number of aliphatic hydroxyl groups is 1. The Labute approximate surface area is 132 Å². The number of amides is 1. The maximum absolute atomic E-state index is 11.6. The molecule has 0 saturated carbocycles. The number of nitrogens with zero attached hydrogens (tertiary/aromatic N) is 1. The van der Waals surface area contributed by atoms with Gasteiger partial charge in [-0.25, -0.2) is 4.79 Å². The molecular formula is C16H26N2O4. The molecule has 22 heavy (non-hydrogen) atoms. The van der Waals surface area contributed by atoms with Gasteiger partial charge >= 0.3 is 6.09 Å². The molecule has 0 aliphatic rings. The predicted molar refractivity (Wildman–Crippen MR) is 85.2 cm³/mol. The van der Waals surface area contributed by atoms with E-state index in [0.29, 0.717) is 12.3 Å². The first-order valence-corrected chi connectivity index (χ1v) is 7.41. The van der Waals surface area contributed by atoms with Gasteiger partial charge in [0.25, 0.3) is 0 Å². The summed E-state index contributed by atoms with van der Waals surface area (Å²) in [6.45, 7) is 3.23. The Kier molecular flexibility index (Phi) is 8.32. The third-order valence-electron chi connectivity index (χ3n) is 2.95. The van der Waals surface area contributed by atoms with E-state index in [1.165, 1.54) is 0 Å². The van der Waals surface area contributed by atoms with Gasteiger partial charge in [-0.2, -0.15) is 0 Å². The molecule has 1 unspecified atom stereocenters. The van der Waals surface area contributed by atoms with Crippen LogP contribution in [0.2, 0.25) is 0 Å². The molecule has 0 radical (unpaired) electrons. The molecule has 124 valence electrons. The fraction of sp³-hybridized carbons (Fsp3) is 0.562. The number of carbonyl (C=O) groups excluding carboxylic acids is 1. The van der Waals surface area contributed by atoms with Crippen LogP contribution in [0.1, 0.15) is 12.0 Å². The highest BCUT2D eigenvalue weighted by molar-refractivity contribution is 5.67. The van der Waals surface area contributed by atoms with Crippen molar-refractivity contribution < 1.29 is 19.4 Å². The Morgan fingerprint density at radius 2 is 2.18 bits per heavy atom. The molecule has 0 aromatic heterocycles. The van der Waals surface area contributed by atoms with Crippen LogP contribution in [0.5, 0.6) is 5.75 Å². The van der Waals surface area contributed by atoms with Crippen LogP contribution in [-0.4, -0.2) is 62.6 Å². The fourth-order valence-corrected chi connectivity index (χ4v) is 1.80. The molecule has 0 saturated heterocycles. The van der Waals surface area contributed by atoms with Gasteiger partial charge in [-0.1, -0.05) is 12.1 Å². The Morgan fingerprint density at radius 3 is 2.82 bits per heavy atom. The van der Waals surface area contributed by atoms with Crippen molar-refractivity contribution in [3.05, 3.63) is 29.8 Å². The summed E-state index contributed by atoms with van der Waals surface area (Å²) in [4.78, 5) is 13.6. The Balaban J connectivity index is 2.27. The molecule has 1 aromatic rings. The topological polar surface area (TPSA) is 71.0 Å². The molecule has 0 spiro atoms. The maximum Gasteiger partial charge on any atom is 0.407 e. The molecule has 6 nitrogen and oxygen atoms in total. The Morgan fingerprint density at radius 1 is 1.41 bits per heavy atom. The molecule has 2 N–H and O–H groups in total. The van der Waals surface area contributed by atoms with Crippen LogP contribution in [0, 0.1) is 6.92 Å². The Hall–Kier alpha value is -1.79. The summed E-state index contributed by atoms with van der Waals surface area (Å²) in [6.07, 6.45) is -0.383. The van der Waals surface area contributed by atoms with Crippen molar-refractivity contribution in [2.75, 3.05) is 40.4 Å². The van der Waals surface area contributed by atoms with Crippen molar-refractivity contribution in [3.63, 3.8) is 0 Å². The molecule has 1 atom stereocenters. The number of ether oxygens (including phenoxy) is 2. The van der Waals surface area contributed by atoms with Crippen LogP contribution >= 0.6 is 0 Å². The number of alkyl carbamates (subject to hydrolysis) is 1. The second-order valence-corrected chi connectivity index (χ2v) is 5.42. The lowest BCUT2D eigenvalue weighted by Crippen LogP contribution is -2.35. The fourth-order valence-electron chi connectivity index (χ4n) is 1.80. The summed E-state index contributed by atoms with van der Waals surface area (Å²) in [5.74, 6) is 0.688. The zero-order chi connectivity index (χ0) is 16.4. The first kappa shape index (κ1) is 18.3. The van der Waals surface area contributed by atoms with E-state index in [1.807, 2.05) is 50.2 Å². The number of benzene rings is 1. The predicted octanol–water partition coefficient (Wildman–Crippen LogP) is 1.41. The number of nitrogens with one attached hydrogen (secondary N) is 1. The highest BCUT2D eigenvalue weighted by atomic mass is 16.6. The second kappa shape index (κ2) is 10.0. The minimum atomic E-state index is -0.686. The standard InChI is InChI=1S/C16H26N2O4/c1-13-6-4-7-14(10-13)21-12-15(11-19)22-16(20)17-8-5-9-18(2)3/h4,6-7,10,15,19H,5,8-9,11-12H2,1-3H3,(H,17,20). The molecule has 1 aromatic carbocycles. The number of rotatable bonds is 9. The van der Waals surface area contributed by atoms with Crippen LogP contribution in [0.3, 0.4) is 0 Å². The number of aliphatic hydroxyl groups excluding tert-OH is 1. The summed E-state index contributed by atoms with van der Waals surface area (Å²) >= 11 is 0. The number of hydrogen-bond acceptors (Lipinski definition) is 5. The van der Waals surface area contributed by atoms with Crippen molar-refractivity contribution in [3.8, 4) is 5.75 Å². The third kappa shape index (κ3) is 7.85. The highest BCUT2D eigenvalue weighted by Gasteiger charge is 2.14. The van der Waals surface area contributed by atoms with Crippen molar-refractivity contribution in [1.29, 1.82) is 0 Å².